The van der Waals surface area contributed by atoms with Crippen LogP contribution in [-0.4, -0.2) is 26.3 Å². The molecule has 4 heteroatoms. The number of piperidine rings is 1. The number of hydrogen-bond donors (Lipinski definition) is 0. The molecule has 0 saturated carbocycles. The average molecular weight is 288 g/mol. The molecule has 18 heavy (non-hydrogen) atoms. The number of halogens is 2. The van der Waals surface area contributed by atoms with Gasteiger partial charge in [-0.25, -0.2) is 0 Å². The highest BCUT2D eigenvalue weighted by Gasteiger charge is 2.27. The van der Waals surface area contributed by atoms with E-state index in [1.165, 1.54) is 5.69 Å². The minimum Gasteiger partial charge on any atom is -0.379 e. The average Bonchev–Trinajstić information content (AvgIpc) is 2.39. The molecule has 2 atom stereocenters. The van der Waals surface area contributed by atoms with Gasteiger partial charge in [-0.05, 0) is 36.1 Å². The SMILES string of the molecule is COC1CN(c2ccc(Cl)cc2CCl)CCC1C. The van der Waals surface area contributed by atoms with Crippen LogP contribution in [-0.2, 0) is 10.6 Å². The van der Waals surface area contributed by atoms with E-state index in [9.17, 15) is 0 Å². The second-order valence-corrected chi connectivity index (χ2v) is 5.60. The molecule has 0 amide bonds. The minimum absolute atomic E-state index is 0.289. The number of methoxy groups -OCH3 is 1. The number of benzene rings is 1. The lowest BCUT2D eigenvalue weighted by Crippen LogP contribution is -2.44. The molecule has 1 aromatic rings. The maximum Gasteiger partial charge on any atom is 0.0772 e. The van der Waals surface area contributed by atoms with Gasteiger partial charge in [0.05, 0.1) is 6.10 Å². The maximum absolute atomic E-state index is 6.01. The van der Waals surface area contributed by atoms with E-state index < -0.39 is 0 Å². The molecule has 1 aliphatic heterocycles. The Labute approximate surface area is 119 Å². The normalized spacial score (nSPS) is 24.3. The Morgan fingerprint density at radius 1 is 1.44 bits per heavy atom. The highest BCUT2D eigenvalue weighted by atomic mass is 35.5. The van der Waals surface area contributed by atoms with Crippen molar-refractivity contribution >= 4 is 28.9 Å². The van der Waals surface area contributed by atoms with Crippen LogP contribution in [0.5, 0.6) is 0 Å². The largest absolute Gasteiger partial charge is 0.379 e. The van der Waals surface area contributed by atoms with Crippen molar-refractivity contribution < 1.29 is 4.74 Å². The molecule has 1 aliphatic rings. The molecule has 2 rings (SSSR count). The van der Waals surface area contributed by atoms with Gasteiger partial charge in [-0.1, -0.05) is 18.5 Å². The number of ether oxygens (including phenoxy) is 1. The monoisotopic (exact) mass is 287 g/mol. The molecule has 1 heterocycles. The number of alkyl halides is 1. The molecular weight excluding hydrogens is 269 g/mol. The van der Waals surface area contributed by atoms with Crippen molar-refractivity contribution in [3.8, 4) is 0 Å². The molecule has 0 aromatic heterocycles. The van der Waals surface area contributed by atoms with Crippen LogP contribution in [0.4, 0.5) is 5.69 Å². The zero-order valence-corrected chi connectivity index (χ0v) is 12.3. The molecule has 0 bridgehead atoms. The zero-order chi connectivity index (χ0) is 13.1. The van der Waals surface area contributed by atoms with E-state index in [4.69, 9.17) is 27.9 Å². The Morgan fingerprint density at radius 2 is 2.22 bits per heavy atom. The van der Waals surface area contributed by atoms with Gasteiger partial charge >= 0.3 is 0 Å². The Balaban J connectivity index is 2.21. The van der Waals surface area contributed by atoms with Crippen LogP contribution in [0.1, 0.15) is 18.9 Å². The summed E-state index contributed by atoms with van der Waals surface area (Å²) in [5.74, 6) is 1.09. The molecule has 0 radical (unpaired) electrons. The van der Waals surface area contributed by atoms with Gasteiger partial charge in [-0.3, -0.25) is 0 Å². The van der Waals surface area contributed by atoms with Crippen LogP contribution in [0.2, 0.25) is 5.02 Å². The molecular formula is C14H19Cl2NO. The van der Waals surface area contributed by atoms with Crippen LogP contribution in [0.3, 0.4) is 0 Å². The van der Waals surface area contributed by atoms with Gasteiger partial charge < -0.3 is 9.64 Å². The number of nitrogens with zero attached hydrogens (tertiary/aromatic N) is 1. The van der Waals surface area contributed by atoms with E-state index in [1.54, 1.807) is 7.11 Å². The van der Waals surface area contributed by atoms with E-state index in [0.29, 0.717) is 11.8 Å². The van der Waals surface area contributed by atoms with Crippen molar-refractivity contribution in [3.63, 3.8) is 0 Å². The lowest BCUT2D eigenvalue weighted by atomic mass is 9.95. The Hall–Kier alpha value is -0.440. The molecule has 1 saturated heterocycles. The number of hydrogen-bond acceptors (Lipinski definition) is 2. The van der Waals surface area contributed by atoms with Crippen molar-refractivity contribution in [1.82, 2.24) is 0 Å². The molecule has 1 fully saturated rings. The van der Waals surface area contributed by atoms with E-state index in [0.717, 1.165) is 30.1 Å². The highest BCUT2D eigenvalue weighted by molar-refractivity contribution is 6.30. The molecule has 1 aromatic carbocycles. The maximum atomic E-state index is 6.01. The summed E-state index contributed by atoms with van der Waals surface area (Å²) >= 11 is 12.0. The van der Waals surface area contributed by atoms with Crippen LogP contribution in [0.15, 0.2) is 18.2 Å². The predicted molar refractivity (Wildman–Crippen MR) is 77.8 cm³/mol. The van der Waals surface area contributed by atoms with E-state index in [2.05, 4.69) is 17.9 Å². The highest BCUT2D eigenvalue weighted by Crippen LogP contribution is 2.30. The lowest BCUT2D eigenvalue weighted by Gasteiger charge is -2.38. The van der Waals surface area contributed by atoms with Gasteiger partial charge in [-0.15, -0.1) is 11.6 Å². The van der Waals surface area contributed by atoms with Crippen LogP contribution >= 0.6 is 23.2 Å². The molecule has 0 spiro atoms. The van der Waals surface area contributed by atoms with E-state index in [1.807, 2.05) is 12.1 Å². The van der Waals surface area contributed by atoms with Crippen LogP contribution < -0.4 is 4.90 Å². The summed E-state index contributed by atoms with van der Waals surface area (Å²) in [5, 5.41) is 0.739. The summed E-state index contributed by atoms with van der Waals surface area (Å²) in [6.07, 6.45) is 1.43. The smallest absolute Gasteiger partial charge is 0.0772 e. The fourth-order valence-electron chi connectivity index (χ4n) is 2.53. The quantitative estimate of drug-likeness (QED) is 0.781. The second-order valence-electron chi connectivity index (χ2n) is 4.89. The van der Waals surface area contributed by atoms with Crippen molar-refractivity contribution in [2.45, 2.75) is 25.3 Å². The fourth-order valence-corrected chi connectivity index (χ4v) is 2.94. The van der Waals surface area contributed by atoms with Gasteiger partial charge in [-0.2, -0.15) is 0 Å². The van der Waals surface area contributed by atoms with Crippen LogP contribution in [0.25, 0.3) is 0 Å². The fraction of sp³-hybridized carbons (Fsp3) is 0.571. The van der Waals surface area contributed by atoms with E-state index >= 15 is 0 Å². The minimum atomic E-state index is 0.289. The number of rotatable bonds is 3. The summed E-state index contributed by atoms with van der Waals surface area (Å²) in [5.41, 5.74) is 2.27. The van der Waals surface area contributed by atoms with Gasteiger partial charge in [0.1, 0.15) is 0 Å². The first-order chi connectivity index (χ1) is 8.65. The van der Waals surface area contributed by atoms with Gasteiger partial charge in [0.2, 0.25) is 0 Å². The predicted octanol–water partition coefficient (Wildman–Crippen LogP) is 3.94. The van der Waals surface area contributed by atoms with Crippen molar-refractivity contribution in [2.24, 2.45) is 5.92 Å². The summed E-state index contributed by atoms with van der Waals surface area (Å²) in [4.78, 5) is 2.35. The first kappa shape index (κ1) is 14.0. The van der Waals surface area contributed by atoms with Crippen molar-refractivity contribution in [3.05, 3.63) is 28.8 Å². The van der Waals surface area contributed by atoms with E-state index in [-0.39, 0.29) is 6.10 Å². The Bertz CT molecular complexity index is 411. The van der Waals surface area contributed by atoms with Gasteiger partial charge in [0.15, 0.2) is 0 Å². The standard InChI is InChI=1S/C14H19Cl2NO/c1-10-5-6-17(9-14(10)18-2)13-4-3-12(16)7-11(13)8-15/h3-4,7,10,14H,5-6,8-9H2,1-2H3. The molecule has 0 aliphatic carbocycles. The summed E-state index contributed by atoms with van der Waals surface area (Å²) in [6, 6.07) is 5.93. The molecule has 2 unspecified atom stereocenters. The van der Waals surface area contributed by atoms with Crippen molar-refractivity contribution in [1.29, 1.82) is 0 Å². The third-order valence-electron chi connectivity index (χ3n) is 3.72. The molecule has 100 valence electrons. The second kappa shape index (κ2) is 6.14. The van der Waals surface area contributed by atoms with Crippen molar-refractivity contribution in [2.75, 3.05) is 25.1 Å². The summed E-state index contributed by atoms with van der Waals surface area (Å²) < 4.78 is 5.55. The summed E-state index contributed by atoms with van der Waals surface area (Å²) in [7, 11) is 1.79. The Kier molecular flexibility index (Phi) is 4.77. The number of anilines is 1. The topological polar surface area (TPSA) is 12.5 Å². The Morgan fingerprint density at radius 3 is 2.89 bits per heavy atom. The van der Waals surface area contributed by atoms with Gasteiger partial charge in [0.25, 0.3) is 0 Å². The molecule has 0 N–H and O–H groups in total. The third kappa shape index (κ3) is 2.93. The lowest BCUT2D eigenvalue weighted by molar-refractivity contribution is 0.0498. The summed E-state index contributed by atoms with van der Waals surface area (Å²) in [6.45, 7) is 4.21. The van der Waals surface area contributed by atoms with Gasteiger partial charge in [0, 0.05) is 36.8 Å². The first-order valence-corrected chi connectivity index (χ1v) is 7.19. The molecule has 2 nitrogen and oxygen atoms in total. The first-order valence-electron chi connectivity index (χ1n) is 6.28. The zero-order valence-electron chi connectivity index (χ0n) is 10.8. The van der Waals surface area contributed by atoms with Crippen LogP contribution in [0, 0.1) is 5.92 Å². The third-order valence-corrected chi connectivity index (χ3v) is 4.24.